The second kappa shape index (κ2) is 9.37. The molecule has 1 aliphatic carbocycles. The molecule has 2 aromatic carbocycles. The van der Waals surface area contributed by atoms with Crippen molar-refractivity contribution in [2.24, 2.45) is 0 Å². The number of hydrogen-bond acceptors (Lipinski definition) is 6. The average molecular weight is 478 g/mol. The smallest absolute Gasteiger partial charge is 0.358 e. The van der Waals surface area contributed by atoms with Crippen molar-refractivity contribution in [2.45, 2.75) is 36.9 Å². The van der Waals surface area contributed by atoms with Gasteiger partial charge in [-0.1, -0.05) is 19.1 Å². The summed E-state index contributed by atoms with van der Waals surface area (Å²) in [6.07, 6.45) is -4.10. The van der Waals surface area contributed by atoms with Crippen LogP contribution in [0.3, 0.4) is 0 Å². The average Bonchev–Trinajstić information content (AvgIpc) is 3.14. The zero-order valence-electron chi connectivity index (χ0n) is 18.0. The van der Waals surface area contributed by atoms with Crippen LogP contribution in [-0.2, 0) is 20.8 Å². The van der Waals surface area contributed by atoms with E-state index in [0.29, 0.717) is 11.3 Å². The van der Waals surface area contributed by atoms with Crippen LogP contribution in [0.15, 0.2) is 58.6 Å². The van der Waals surface area contributed by atoms with Gasteiger partial charge in [-0.25, -0.2) is 8.42 Å². The number of Topliss-reactive ketones (excluding diaryl/α,β-unsaturated/α-hetero) is 1. The molecule has 0 bridgehead atoms. The van der Waals surface area contributed by atoms with Gasteiger partial charge in [-0.2, -0.15) is 18.4 Å². The molecule has 1 aliphatic rings. The van der Waals surface area contributed by atoms with Crippen molar-refractivity contribution in [3.63, 3.8) is 0 Å². The molecule has 1 atom stereocenters. The predicted octanol–water partition coefficient (Wildman–Crippen LogP) is 4.36. The molecule has 0 fully saturated rings. The third-order valence-electron chi connectivity index (χ3n) is 5.46. The van der Waals surface area contributed by atoms with Crippen molar-refractivity contribution in [3.05, 3.63) is 70.4 Å². The monoisotopic (exact) mass is 477 g/mol. The third-order valence-corrected chi connectivity index (χ3v) is 7.24. The highest BCUT2D eigenvalue weighted by Gasteiger charge is 2.34. The van der Waals surface area contributed by atoms with Crippen LogP contribution in [0.25, 0.3) is 0 Å². The van der Waals surface area contributed by atoms with Gasteiger partial charge in [0.15, 0.2) is 15.6 Å². The fraction of sp³-hybridized carbons (Fsp3) is 0.304. The summed E-state index contributed by atoms with van der Waals surface area (Å²) in [6, 6.07) is 9.95. The van der Waals surface area contributed by atoms with Crippen LogP contribution in [0.2, 0.25) is 0 Å². The Kier molecular flexibility index (Phi) is 6.95. The van der Waals surface area contributed by atoms with Crippen LogP contribution < -0.4 is 10.6 Å². The molecule has 0 heterocycles. The van der Waals surface area contributed by atoms with Crippen molar-refractivity contribution < 1.29 is 26.4 Å². The Labute approximate surface area is 190 Å². The van der Waals surface area contributed by atoms with Gasteiger partial charge in [0.1, 0.15) is 0 Å². The number of nitriles is 1. The minimum absolute atomic E-state index is 0.0611. The molecular weight excluding hydrogens is 455 g/mol. The fourth-order valence-corrected chi connectivity index (χ4v) is 4.97. The standard InChI is InChI=1S/C23H22F3N3O3S/c1-3-33(31,32)20-11-14(13-27)7-8-17(20)22(28-2)21-18(9-10-19(21)30)29-16-6-4-5-15(12-16)23(24,25)26/h4-8,11-12,22,28-29H,3,9-10H2,1-2H3. The molecule has 0 saturated carbocycles. The van der Waals surface area contributed by atoms with Gasteiger partial charge < -0.3 is 10.6 Å². The summed E-state index contributed by atoms with van der Waals surface area (Å²) >= 11 is 0. The van der Waals surface area contributed by atoms with Gasteiger partial charge in [-0.3, -0.25) is 4.79 Å². The highest BCUT2D eigenvalue weighted by atomic mass is 32.2. The molecule has 0 amide bonds. The largest absolute Gasteiger partial charge is 0.416 e. The summed E-state index contributed by atoms with van der Waals surface area (Å²) in [5.41, 5.74) is 0.479. The zero-order valence-corrected chi connectivity index (χ0v) is 18.8. The van der Waals surface area contributed by atoms with Gasteiger partial charge in [0, 0.05) is 23.4 Å². The van der Waals surface area contributed by atoms with Crippen LogP contribution in [0.5, 0.6) is 0 Å². The number of hydrogen-bond donors (Lipinski definition) is 2. The summed E-state index contributed by atoms with van der Waals surface area (Å²) in [5, 5.41) is 15.1. The fourth-order valence-electron chi connectivity index (χ4n) is 3.81. The van der Waals surface area contributed by atoms with E-state index in [1.165, 1.54) is 37.3 Å². The lowest BCUT2D eigenvalue weighted by molar-refractivity contribution is -0.137. The number of likely N-dealkylation sites (N-methyl/N-ethyl adjacent to an activating group) is 1. The molecule has 0 aliphatic heterocycles. The van der Waals surface area contributed by atoms with Crippen LogP contribution in [0.1, 0.15) is 42.5 Å². The van der Waals surface area contributed by atoms with Crippen molar-refractivity contribution >= 4 is 21.3 Å². The van der Waals surface area contributed by atoms with E-state index in [0.717, 1.165) is 12.1 Å². The number of sulfone groups is 1. The molecule has 0 radical (unpaired) electrons. The molecule has 2 N–H and O–H groups in total. The summed E-state index contributed by atoms with van der Waals surface area (Å²) in [5.74, 6) is -0.443. The van der Waals surface area contributed by atoms with E-state index in [9.17, 15) is 31.6 Å². The summed E-state index contributed by atoms with van der Waals surface area (Å²) in [6.45, 7) is 1.48. The highest BCUT2D eigenvalue weighted by Crippen LogP contribution is 2.37. The number of carbonyl (C=O) groups is 1. The van der Waals surface area contributed by atoms with Gasteiger partial charge in [0.25, 0.3) is 0 Å². The summed E-state index contributed by atoms with van der Waals surface area (Å²) in [7, 11) is -2.17. The number of ketones is 1. The molecular formula is C23H22F3N3O3S. The van der Waals surface area contributed by atoms with E-state index >= 15 is 0 Å². The number of alkyl halides is 3. The Morgan fingerprint density at radius 3 is 2.48 bits per heavy atom. The van der Waals surface area contributed by atoms with E-state index < -0.39 is 27.6 Å². The first-order chi connectivity index (χ1) is 15.5. The van der Waals surface area contributed by atoms with E-state index in [1.807, 2.05) is 6.07 Å². The van der Waals surface area contributed by atoms with E-state index in [4.69, 9.17) is 0 Å². The Balaban J connectivity index is 2.12. The molecule has 0 aromatic heterocycles. The normalized spacial score (nSPS) is 15.5. The number of nitrogens with zero attached hydrogens (tertiary/aromatic N) is 1. The number of nitrogens with one attached hydrogen (secondary N) is 2. The van der Waals surface area contributed by atoms with Crippen LogP contribution in [0.4, 0.5) is 18.9 Å². The third kappa shape index (κ3) is 5.10. The number of halogens is 3. The topological polar surface area (TPSA) is 99.1 Å². The van der Waals surface area contributed by atoms with Crippen molar-refractivity contribution in [3.8, 4) is 6.07 Å². The number of rotatable bonds is 7. The van der Waals surface area contributed by atoms with Gasteiger partial charge in [0.2, 0.25) is 0 Å². The maximum Gasteiger partial charge on any atom is 0.416 e. The first kappa shape index (κ1) is 24.5. The maximum absolute atomic E-state index is 13.1. The number of benzene rings is 2. The second-order valence-electron chi connectivity index (χ2n) is 7.51. The Bertz CT molecular complexity index is 1260. The minimum Gasteiger partial charge on any atom is -0.358 e. The van der Waals surface area contributed by atoms with Gasteiger partial charge in [0.05, 0.1) is 33.9 Å². The van der Waals surface area contributed by atoms with Crippen LogP contribution in [0, 0.1) is 11.3 Å². The minimum atomic E-state index is -4.51. The van der Waals surface area contributed by atoms with E-state index in [2.05, 4.69) is 10.6 Å². The van der Waals surface area contributed by atoms with Gasteiger partial charge in [-0.05, 0) is 49.4 Å². The van der Waals surface area contributed by atoms with Crippen molar-refractivity contribution in [2.75, 3.05) is 18.1 Å². The molecule has 6 nitrogen and oxygen atoms in total. The lowest BCUT2D eigenvalue weighted by Crippen LogP contribution is -2.25. The second-order valence-corrected chi connectivity index (χ2v) is 9.76. The molecule has 174 valence electrons. The highest BCUT2D eigenvalue weighted by molar-refractivity contribution is 7.91. The molecule has 2 aromatic rings. The number of allylic oxidation sites excluding steroid dienone is 1. The van der Waals surface area contributed by atoms with Crippen molar-refractivity contribution in [1.29, 1.82) is 5.26 Å². The Morgan fingerprint density at radius 2 is 1.88 bits per heavy atom. The van der Waals surface area contributed by atoms with E-state index in [1.54, 1.807) is 7.05 Å². The lowest BCUT2D eigenvalue weighted by Gasteiger charge is -2.23. The number of anilines is 1. The van der Waals surface area contributed by atoms with Crippen LogP contribution >= 0.6 is 0 Å². The Morgan fingerprint density at radius 1 is 1.15 bits per heavy atom. The first-order valence-corrected chi connectivity index (χ1v) is 11.8. The molecule has 1 unspecified atom stereocenters. The predicted molar refractivity (Wildman–Crippen MR) is 117 cm³/mol. The van der Waals surface area contributed by atoms with Gasteiger partial charge >= 0.3 is 6.18 Å². The summed E-state index contributed by atoms with van der Waals surface area (Å²) in [4.78, 5) is 12.7. The Hall–Kier alpha value is -3.16. The molecule has 3 rings (SSSR count). The van der Waals surface area contributed by atoms with E-state index in [-0.39, 0.29) is 46.1 Å². The maximum atomic E-state index is 13.1. The zero-order chi connectivity index (χ0) is 24.4. The van der Waals surface area contributed by atoms with Gasteiger partial charge in [-0.15, -0.1) is 0 Å². The number of carbonyl (C=O) groups excluding carboxylic acids is 1. The van der Waals surface area contributed by atoms with Crippen LogP contribution in [-0.4, -0.2) is 27.0 Å². The molecule has 10 heteroatoms. The lowest BCUT2D eigenvalue weighted by atomic mass is 9.95. The SMILES string of the molecule is CCS(=O)(=O)c1cc(C#N)ccc1C(NC)C1=C(Nc2cccc(C(F)(F)F)c2)CCC1=O. The molecule has 0 saturated heterocycles. The summed E-state index contributed by atoms with van der Waals surface area (Å²) < 4.78 is 64.8. The van der Waals surface area contributed by atoms with Crippen molar-refractivity contribution in [1.82, 2.24) is 5.32 Å². The first-order valence-electron chi connectivity index (χ1n) is 10.2. The quantitative estimate of drug-likeness (QED) is 0.615. The molecule has 33 heavy (non-hydrogen) atoms. The molecule has 0 spiro atoms.